The molecule has 6 heteroatoms. The first-order valence-electron chi connectivity index (χ1n) is 5.22. The quantitative estimate of drug-likeness (QED) is 0.709. The third-order valence-corrected chi connectivity index (χ3v) is 2.21. The molecule has 0 saturated carbocycles. The molecule has 0 atom stereocenters. The van der Waals surface area contributed by atoms with Gasteiger partial charge in [-0.2, -0.15) is 0 Å². The summed E-state index contributed by atoms with van der Waals surface area (Å²) in [4.78, 5) is 23.3. The number of carboxylic acids is 1. The maximum Gasteiger partial charge on any atom is 0.338 e. The SMILES string of the molecule is CN(C)C(=O)CCNCc1cc(C(=O)O)co1. The van der Waals surface area contributed by atoms with Crippen LogP contribution in [-0.4, -0.2) is 42.5 Å². The molecule has 0 fully saturated rings. The molecule has 0 aliphatic rings. The summed E-state index contributed by atoms with van der Waals surface area (Å²) in [5.74, 6) is -0.425. The maximum atomic E-state index is 11.2. The Balaban J connectivity index is 2.26. The summed E-state index contributed by atoms with van der Waals surface area (Å²) in [6.45, 7) is 0.939. The Labute approximate surface area is 99.2 Å². The van der Waals surface area contributed by atoms with E-state index >= 15 is 0 Å². The number of furan rings is 1. The van der Waals surface area contributed by atoms with E-state index in [1.807, 2.05) is 0 Å². The highest BCUT2D eigenvalue weighted by atomic mass is 16.4. The molecule has 0 spiro atoms. The average molecular weight is 240 g/mol. The van der Waals surface area contributed by atoms with Gasteiger partial charge in [-0.25, -0.2) is 4.79 Å². The third kappa shape index (κ3) is 4.28. The summed E-state index contributed by atoms with van der Waals surface area (Å²) in [5, 5.41) is 11.7. The van der Waals surface area contributed by atoms with E-state index in [1.54, 1.807) is 14.1 Å². The van der Waals surface area contributed by atoms with Crippen LogP contribution < -0.4 is 5.32 Å². The van der Waals surface area contributed by atoms with Crippen molar-refractivity contribution >= 4 is 11.9 Å². The van der Waals surface area contributed by atoms with Crippen LogP contribution in [0, 0.1) is 0 Å². The van der Waals surface area contributed by atoms with Crippen molar-refractivity contribution in [1.82, 2.24) is 10.2 Å². The molecule has 17 heavy (non-hydrogen) atoms. The Morgan fingerprint density at radius 2 is 2.18 bits per heavy atom. The van der Waals surface area contributed by atoms with Gasteiger partial charge >= 0.3 is 5.97 Å². The molecule has 6 nitrogen and oxygen atoms in total. The lowest BCUT2D eigenvalue weighted by atomic mass is 10.3. The minimum Gasteiger partial charge on any atom is -0.478 e. The second kappa shape index (κ2) is 6.05. The van der Waals surface area contributed by atoms with E-state index in [2.05, 4.69) is 5.32 Å². The predicted molar refractivity (Wildman–Crippen MR) is 60.7 cm³/mol. The highest BCUT2D eigenvalue weighted by Crippen LogP contribution is 2.07. The monoisotopic (exact) mass is 240 g/mol. The molecule has 0 unspecified atom stereocenters. The van der Waals surface area contributed by atoms with E-state index in [0.717, 1.165) is 0 Å². The van der Waals surface area contributed by atoms with E-state index in [0.29, 0.717) is 25.3 Å². The van der Waals surface area contributed by atoms with Gasteiger partial charge in [-0.3, -0.25) is 4.79 Å². The molecule has 1 heterocycles. The van der Waals surface area contributed by atoms with E-state index in [4.69, 9.17) is 9.52 Å². The van der Waals surface area contributed by atoms with Crippen molar-refractivity contribution < 1.29 is 19.1 Å². The van der Waals surface area contributed by atoms with Crippen molar-refractivity contribution in [1.29, 1.82) is 0 Å². The highest BCUT2D eigenvalue weighted by molar-refractivity contribution is 5.87. The van der Waals surface area contributed by atoms with Crippen LogP contribution in [0.2, 0.25) is 0 Å². The highest BCUT2D eigenvalue weighted by Gasteiger charge is 2.08. The van der Waals surface area contributed by atoms with Crippen molar-refractivity contribution in [2.75, 3.05) is 20.6 Å². The molecule has 0 saturated heterocycles. The van der Waals surface area contributed by atoms with Crippen molar-refractivity contribution in [3.05, 3.63) is 23.7 Å². The number of hydrogen-bond acceptors (Lipinski definition) is 4. The van der Waals surface area contributed by atoms with Gasteiger partial charge in [0.15, 0.2) is 0 Å². The molecule has 0 bridgehead atoms. The number of carbonyl (C=O) groups excluding carboxylic acids is 1. The number of nitrogens with one attached hydrogen (secondary N) is 1. The lowest BCUT2D eigenvalue weighted by Crippen LogP contribution is -2.26. The molecular formula is C11H16N2O4. The van der Waals surface area contributed by atoms with Crippen LogP contribution in [0.3, 0.4) is 0 Å². The Morgan fingerprint density at radius 3 is 2.71 bits per heavy atom. The van der Waals surface area contributed by atoms with Crippen molar-refractivity contribution in [3.63, 3.8) is 0 Å². The summed E-state index contributed by atoms with van der Waals surface area (Å²) in [6, 6.07) is 1.46. The molecule has 1 aromatic rings. The van der Waals surface area contributed by atoms with Crippen LogP contribution in [0.1, 0.15) is 22.5 Å². The number of carboxylic acid groups (broad SMARTS) is 1. The Hall–Kier alpha value is -1.82. The van der Waals surface area contributed by atoms with Gasteiger partial charge in [0.05, 0.1) is 12.1 Å². The molecule has 0 aliphatic carbocycles. The number of rotatable bonds is 6. The van der Waals surface area contributed by atoms with Gasteiger partial charge in [0.25, 0.3) is 0 Å². The van der Waals surface area contributed by atoms with Gasteiger partial charge in [-0.05, 0) is 6.07 Å². The van der Waals surface area contributed by atoms with Gasteiger partial charge in [0.1, 0.15) is 12.0 Å². The van der Waals surface area contributed by atoms with Gasteiger partial charge in [0.2, 0.25) is 5.91 Å². The summed E-state index contributed by atoms with van der Waals surface area (Å²) in [7, 11) is 3.40. The van der Waals surface area contributed by atoms with Crippen molar-refractivity contribution in [3.8, 4) is 0 Å². The molecule has 1 amide bonds. The minimum atomic E-state index is -1.01. The standard InChI is InChI=1S/C11H16N2O4/c1-13(2)10(14)3-4-12-6-9-5-8(7-17-9)11(15)16/h5,7,12H,3-4,6H2,1-2H3,(H,15,16). The summed E-state index contributed by atoms with van der Waals surface area (Å²) >= 11 is 0. The van der Waals surface area contributed by atoms with Crippen molar-refractivity contribution in [2.45, 2.75) is 13.0 Å². The number of nitrogens with zero attached hydrogens (tertiary/aromatic N) is 1. The Morgan fingerprint density at radius 1 is 1.47 bits per heavy atom. The second-order valence-electron chi connectivity index (χ2n) is 3.82. The molecule has 1 rings (SSSR count). The predicted octanol–water partition coefficient (Wildman–Crippen LogP) is 0.546. The van der Waals surface area contributed by atoms with E-state index in [-0.39, 0.29) is 11.5 Å². The average Bonchev–Trinajstić information content (AvgIpc) is 2.72. The number of carbonyl (C=O) groups is 2. The first kappa shape index (κ1) is 13.2. The van der Waals surface area contributed by atoms with Crippen LogP contribution in [0.5, 0.6) is 0 Å². The minimum absolute atomic E-state index is 0.0446. The fourth-order valence-corrected chi connectivity index (χ4v) is 1.22. The van der Waals surface area contributed by atoms with E-state index < -0.39 is 5.97 Å². The van der Waals surface area contributed by atoms with E-state index in [9.17, 15) is 9.59 Å². The Kier molecular flexibility index (Phi) is 4.71. The Bertz CT molecular complexity index is 398. The lowest BCUT2D eigenvalue weighted by molar-refractivity contribution is -0.128. The first-order chi connectivity index (χ1) is 8.00. The largest absolute Gasteiger partial charge is 0.478 e. The number of hydrogen-bond donors (Lipinski definition) is 2. The number of aromatic carboxylic acids is 1. The summed E-state index contributed by atoms with van der Waals surface area (Å²) in [6.07, 6.45) is 1.60. The molecule has 0 aliphatic heterocycles. The van der Waals surface area contributed by atoms with Crippen LogP contribution in [0.4, 0.5) is 0 Å². The second-order valence-corrected chi connectivity index (χ2v) is 3.82. The van der Waals surface area contributed by atoms with E-state index in [1.165, 1.54) is 17.2 Å². The zero-order valence-electron chi connectivity index (χ0n) is 9.90. The molecule has 2 N–H and O–H groups in total. The van der Waals surface area contributed by atoms with Gasteiger partial charge in [-0.15, -0.1) is 0 Å². The zero-order chi connectivity index (χ0) is 12.8. The van der Waals surface area contributed by atoms with Crippen LogP contribution in [-0.2, 0) is 11.3 Å². The molecular weight excluding hydrogens is 224 g/mol. The van der Waals surface area contributed by atoms with Gasteiger partial charge in [-0.1, -0.05) is 0 Å². The third-order valence-electron chi connectivity index (χ3n) is 2.21. The fourth-order valence-electron chi connectivity index (χ4n) is 1.22. The molecule has 1 aromatic heterocycles. The van der Waals surface area contributed by atoms with Gasteiger partial charge < -0.3 is 19.7 Å². The fraction of sp³-hybridized carbons (Fsp3) is 0.455. The lowest BCUT2D eigenvalue weighted by Gasteiger charge is -2.09. The summed E-state index contributed by atoms with van der Waals surface area (Å²) in [5.41, 5.74) is 0.131. The smallest absolute Gasteiger partial charge is 0.338 e. The molecule has 0 aromatic carbocycles. The van der Waals surface area contributed by atoms with Crippen molar-refractivity contribution in [2.24, 2.45) is 0 Å². The molecule has 0 radical (unpaired) electrons. The van der Waals surface area contributed by atoms with Gasteiger partial charge in [0, 0.05) is 27.1 Å². The zero-order valence-corrected chi connectivity index (χ0v) is 9.90. The molecule has 94 valence electrons. The first-order valence-corrected chi connectivity index (χ1v) is 5.22. The number of amides is 1. The summed E-state index contributed by atoms with van der Waals surface area (Å²) < 4.78 is 5.04. The maximum absolute atomic E-state index is 11.2. The van der Waals surface area contributed by atoms with Crippen LogP contribution in [0.25, 0.3) is 0 Å². The topological polar surface area (TPSA) is 82.8 Å². The normalized spacial score (nSPS) is 10.2. The van der Waals surface area contributed by atoms with Crippen LogP contribution >= 0.6 is 0 Å². The van der Waals surface area contributed by atoms with Crippen LogP contribution in [0.15, 0.2) is 16.7 Å².